The molecule has 2 aromatic heterocycles. The van der Waals surface area contributed by atoms with Gasteiger partial charge in [-0.05, 0) is 24.7 Å². The van der Waals surface area contributed by atoms with E-state index >= 15 is 0 Å². The first kappa shape index (κ1) is 16.3. The van der Waals surface area contributed by atoms with Gasteiger partial charge in [-0.1, -0.05) is 27.7 Å². The first-order valence-electron chi connectivity index (χ1n) is 7.83. The van der Waals surface area contributed by atoms with Gasteiger partial charge in [-0.3, -0.25) is 4.40 Å². The van der Waals surface area contributed by atoms with Gasteiger partial charge >= 0.3 is 0 Å². The molecular formula is C16H27N3OS. The molecule has 0 unspecified atom stereocenters. The second-order valence-electron chi connectivity index (χ2n) is 6.45. The minimum Gasteiger partial charge on any atom is -0.390 e. The van der Waals surface area contributed by atoms with Crippen LogP contribution >= 0.6 is 11.3 Å². The van der Waals surface area contributed by atoms with E-state index < -0.39 is 0 Å². The van der Waals surface area contributed by atoms with E-state index in [-0.39, 0.29) is 6.61 Å². The van der Waals surface area contributed by atoms with Gasteiger partial charge in [0, 0.05) is 24.7 Å². The Hall–Kier alpha value is -1.07. The predicted molar refractivity (Wildman–Crippen MR) is 90.1 cm³/mol. The molecule has 118 valence electrons. The van der Waals surface area contributed by atoms with Gasteiger partial charge in [-0.25, -0.2) is 4.98 Å². The summed E-state index contributed by atoms with van der Waals surface area (Å²) in [6.45, 7) is 11.0. The Balaban J connectivity index is 2.25. The van der Waals surface area contributed by atoms with E-state index in [4.69, 9.17) is 4.98 Å². The highest BCUT2D eigenvalue weighted by Gasteiger charge is 2.18. The number of imidazole rings is 1. The Morgan fingerprint density at radius 1 is 1.19 bits per heavy atom. The van der Waals surface area contributed by atoms with Crippen molar-refractivity contribution < 1.29 is 5.11 Å². The molecule has 2 heterocycles. The number of aromatic nitrogens is 2. The van der Waals surface area contributed by atoms with Crippen molar-refractivity contribution in [2.45, 2.75) is 47.1 Å². The van der Waals surface area contributed by atoms with Crippen LogP contribution in [0.25, 0.3) is 4.96 Å². The fraction of sp³-hybridized carbons (Fsp3) is 0.688. The first-order valence-corrected chi connectivity index (χ1v) is 8.71. The summed E-state index contributed by atoms with van der Waals surface area (Å²) >= 11 is 1.62. The number of fused-ring (bicyclic) bond motifs is 1. The molecule has 0 aromatic carbocycles. The van der Waals surface area contributed by atoms with Crippen molar-refractivity contribution in [3.63, 3.8) is 0 Å². The largest absolute Gasteiger partial charge is 0.390 e. The van der Waals surface area contributed by atoms with Crippen LogP contribution in [0, 0.1) is 11.8 Å². The van der Waals surface area contributed by atoms with Gasteiger partial charge in [0.1, 0.15) is 0 Å². The van der Waals surface area contributed by atoms with Crippen molar-refractivity contribution in [2.24, 2.45) is 11.8 Å². The Bertz CT molecular complexity index is 547. The van der Waals surface area contributed by atoms with Crippen LogP contribution in [0.4, 0.5) is 5.82 Å². The Kier molecular flexibility index (Phi) is 5.65. The molecule has 1 N–H and O–H groups in total. The van der Waals surface area contributed by atoms with Crippen LogP contribution in [0.2, 0.25) is 0 Å². The summed E-state index contributed by atoms with van der Waals surface area (Å²) < 4.78 is 2.01. The monoisotopic (exact) mass is 309 g/mol. The van der Waals surface area contributed by atoms with Crippen LogP contribution < -0.4 is 4.90 Å². The lowest BCUT2D eigenvalue weighted by molar-refractivity contribution is 0.276. The van der Waals surface area contributed by atoms with Crippen LogP contribution in [-0.4, -0.2) is 27.6 Å². The zero-order valence-electron chi connectivity index (χ0n) is 13.5. The number of nitrogens with zero attached hydrogens (tertiary/aromatic N) is 3. The van der Waals surface area contributed by atoms with Crippen molar-refractivity contribution in [1.29, 1.82) is 0 Å². The molecule has 0 saturated carbocycles. The van der Waals surface area contributed by atoms with Gasteiger partial charge in [0.15, 0.2) is 10.8 Å². The van der Waals surface area contributed by atoms with Gasteiger partial charge in [0.25, 0.3) is 0 Å². The molecule has 0 bridgehead atoms. The second-order valence-corrected chi connectivity index (χ2v) is 7.32. The molecule has 0 fully saturated rings. The topological polar surface area (TPSA) is 40.8 Å². The highest BCUT2D eigenvalue weighted by atomic mass is 32.1. The van der Waals surface area contributed by atoms with Gasteiger partial charge in [0.05, 0.1) is 12.3 Å². The highest BCUT2D eigenvalue weighted by molar-refractivity contribution is 7.15. The smallest absolute Gasteiger partial charge is 0.195 e. The van der Waals surface area contributed by atoms with Crippen LogP contribution in [0.5, 0.6) is 0 Å². The summed E-state index contributed by atoms with van der Waals surface area (Å²) in [7, 11) is 0. The molecule has 2 aromatic rings. The molecular weight excluding hydrogens is 282 g/mol. The molecule has 2 rings (SSSR count). The lowest BCUT2D eigenvalue weighted by Crippen LogP contribution is -2.29. The summed E-state index contributed by atoms with van der Waals surface area (Å²) in [6, 6.07) is 0. The van der Waals surface area contributed by atoms with Gasteiger partial charge in [-0.2, -0.15) is 0 Å². The van der Waals surface area contributed by atoms with Gasteiger partial charge in [0.2, 0.25) is 0 Å². The molecule has 4 nitrogen and oxygen atoms in total. The summed E-state index contributed by atoms with van der Waals surface area (Å²) in [6.07, 6.45) is 4.29. The number of anilines is 1. The Morgan fingerprint density at radius 2 is 1.81 bits per heavy atom. The Labute approximate surface area is 131 Å². The number of hydrogen-bond donors (Lipinski definition) is 1. The van der Waals surface area contributed by atoms with Crippen molar-refractivity contribution in [2.75, 3.05) is 18.0 Å². The molecule has 0 aliphatic rings. The molecule has 21 heavy (non-hydrogen) atoms. The summed E-state index contributed by atoms with van der Waals surface area (Å²) in [5, 5.41) is 11.8. The summed E-state index contributed by atoms with van der Waals surface area (Å²) in [5.41, 5.74) is 0.916. The SMILES string of the molecule is CC(C)CCN(CCC(C)C)c1nc2sccn2c1CO. The maximum Gasteiger partial charge on any atom is 0.195 e. The molecule has 0 amide bonds. The van der Waals surface area contributed by atoms with E-state index in [1.54, 1.807) is 11.3 Å². The van der Waals surface area contributed by atoms with Gasteiger partial charge in [-0.15, -0.1) is 11.3 Å². The fourth-order valence-corrected chi connectivity index (χ4v) is 3.10. The molecule has 0 saturated heterocycles. The number of aliphatic hydroxyl groups is 1. The van der Waals surface area contributed by atoms with E-state index in [1.807, 2.05) is 16.0 Å². The summed E-state index contributed by atoms with van der Waals surface area (Å²) in [4.78, 5) is 8.07. The second kappa shape index (κ2) is 7.27. The molecule has 0 atom stereocenters. The predicted octanol–water partition coefficient (Wildman–Crippen LogP) is 3.79. The van der Waals surface area contributed by atoms with E-state index in [0.717, 1.165) is 42.4 Å². The lowest BCUT2D eigenvalue weighted by Gasteiger charge is -2.25. The maximum atomic E-state index is 9.74. The average Bonchev–Trinajstić information content (AvgIpc) is 2.98. The number of hydrogen-bond acceptors (Lipinski definition) is 4. The normalized spacial score (nSPS) is 12.0. The summed E-state index contributed by atoms with van der Waals surface area (Å²) in [5.74, 6) is 2.31. The van der Waals surface area contributed by atoms with Crippen molar-refractivity contribution in [1.82, 2.24) is 9.38 Å². The minimum absolute atomic E-state index is 0.0348. The Morgan fingerprint density at radius 3 is 2.33 bits per heavy atom. The van der Waals surface area contributed by atoms with E-state index in [2.05, 4.69) is 32.6 Å². The van der Waals surface area contributed by atoms with Gasteiger partial charge < -0.3 is 10.0 Å². The maximum absolute atomic E-state index is 9.74. The van der Waals surface area contributed by atoms with E-state index in [9.17, 15) is 5.11 Å². The average molecular weight is 309 g/mol. The number of thiazole rings is 1. The first-order chi connectivity index (χ1) is 10.0. The third kappa shape index (κ3) is 3.98. The van der Waals surface area contributed by atoms with Crippen LogP contribution in [0.1, 0.15) is 46.2 Å². The quantitative estimate of drug-likeness (QED) is 0.806. The number of rotatable bonds is 8. The van der Waals surface area contributed by atoms with Crippen molar-refractivity contribution >= 4 is 22.1 Å². The number of aliphatic hydroxyl groups excluding tert-OH is 1. The van der Waals surface area contributed by atoms with Crippen molar-refractivity contribution in [3.05, 3.63) is 17.3 Å². The molecule has 0 spiro atoms. The zero-order chi connectivity index (χ0) is 15.4. The van der Waals surface area contributed by atoms with Crippen LogP contribution in [0.3, 0.4) is 0 Å². The minimum atomic E-state index is 0.0348. The van der Waals surface area contributed by atoms with Crippen LogP contribution in [-0.2, 0) is 6.61 Å². The van der Waals surface area contributed by atoms with E-state index in [0.29, 0.717) is 11.8 Å². The molecule has 0 aliphatic heterocycles. The third-order valence-corrected chi connectivity index (χ3v) is 4.50. The van der Waals surface area contributed by atoms with E-state index in [1.165, 1.54) is 0 Å². The standard InChI is InChI=1S/C16H27N3OS/c1-12(2)5-7-18(8-6-13(3)4)15-14(11-20)19-9-10-21-16(19)17-15/h9-10,12-13,20H,5-8,11H2,1-4H3. The van der Waals surface area contributed by atoms with Crippen LogP contribution in [0.15, 0.2) is 11.6 Å². The third-order valence-electron chi connectivity index (χ3n) is 3.74. The zero-order valence-corrected chi connectivity index (χ0v) is 14.4. The van der Waals surface area contributed by atoms with Crippen molar-refractivity contribution in [3.8, 4) is 0 Å². The fourth-order valence-electron chi connectivity index (χ4n) is 2.37. The molecule has 0 radical (unpaired) electrons. The molecule has 0 aliphatic carbocycles. The molecule has 5 heteroatoms. The highest BCUT2D eigenvalue weighted by Crippen LogP contribution is 2.26. The lowest BCUT2D eigenvalue weighted by atomic mass is 10.1.